The molecule has 0 aliphatic carbocycles. The maximum Gasteiger partial charge on any atom is 0.0480 e. The van der Waals surface area contributed by atoms with Crippen LogP contribution < -0.4 is 0 Å². The molecule has 1 fully saturated rings. The van der Waals surface area contributed by atoms with E-state index >= 15 is 0 Å². The van der Waals surface area contributed by atoms with Crippen LogP contribution in [0.25, 0.3) is 10.9 Å². The Morgan fingerprint density at radius 2 is 1.96 bits per heavy atom. The number of nitrogens with zero attached hydrogens (tertiary/aromatic N) is 3. The number of aromatic nitrogens is 1. The van der Waals surface area contributed by atoms with Crippen molar-refractivity contribution in [2.45, 2.75) is 32.5 Å². The van der Waals surface area contributed by atoms with Crippen molar-refractivity contribution >= 4 is 22.2 Å². The van der Waals surface area contributed by atoms with Gasteiger partial charge in [0.15, 0.2) is 0 Å². The van der Waals surface area contributed by atoms with Crippen LogP contribution in [0, 0.1) is 0 Å². The SMILES string of the molecule is CN(CCn1ccc2ccccc21)Cc1cc(CN2CCCC2)cs1. The molecule has 1 aromatic carbocycles. The molecule has 3 nitrogen and oxygen atoms in total. The standard InChI is InChI=1S/C21H27N3S/c1-22(12-13-24-11-8-19-6-2-3-7-21(19)24)16-20-14-18(17-25-20)15-23-9-4-5-10-23/h2-3,6-8,11,14,17H,4-5,9-10,12-13,15-16H2,1H3. The lowest BCUT2D eigenvalue weighted by atomic mass is 10.2. The molecule has 25 heavy (non-hydrogen) atoms. The van der Waals surface area contributed by atoms with Crippen molar-refractivity contribution in [2.75, 3.05) is 26.7 Å². The predicted molar refractivity (Wildman–Crippen MR) is 107 cm³/mol. The third kappa shape index (κ3) is 4.14. The Balaban J connectivity index is 1.30. The van der Waals surface area contributed by atoms with Crippen molar-refractivity contribution in [1.29, 1.82) is 0 Å². The van der Waals surface area contributed by atoms with Gasteiger partial charge in [-0.1, -0.05) is 18.2 Å². The molecule has 0 radical (unpaired) electrons. The summed E-state index contributed by atoms with van der Waals surface area (Å²) in [6, 6.07) is 13.2. The summed E-state index contributed by atoms with van der Waals surface area (Å²) in [7, 11) is 2.23. The maximum absolute atomic E-state index is 2.58. The van der Waals surface area contributed by atoms with Crippen molar-refractivity contribution in [3.8, 4) is 0 Å². The van der Waals surface area contributed by atoms with Crippen LogP contribution in [0.15, 0.2) is 48.0 Å². The number of para-hydroxylation sites is 1. The predicted octanol–water partition coefficient (Wildman–Crippen LogP) is 4.43. The van der Waals surface area contributed by atoms with Gasteiger partial charge in [-0.15, -0.1) is 11.3 Å². The second kappa shape index (κ2) is 7.73. The van der Waals surface area contributed by atoms with Crippen molar-refractivity contribution in [2.24, 2.45) is 0 Å². The van der Waals surface area contributed by atoms with Crippen LogP contribution in [0.4, 0.5) is 0 Å². The lowest BCUT2D eigenvalue weighted by molar-refractivity contribution is 0.315. The summed E-state index contributed by atoms with van der Waals surface area (Å²) in [5.41, 5.74) is 2.83. The minimum Gasteiger partial charge on any atom is -0.346 e. The number of likely N-dealkylation sites (tertiary alicyclic amines) is 1. The van der Waals surface area contributed by atoms with Gasteiger partial charge in [0.1, 0.15) is 0 Å². The molecule has 0 unspecified atom stereocenters. The van der Waals surface area contributed by atoms with E-state index in [4.69, 9.17) is 0 Å². The van der Waals surface area contributed by atoms with E-state index in [1.807, 2.05) is 11.3 Å². The fourth-order valence-corrected chi connectivity index (χ4v) is 4.71. The monoisotopic (exact) mass is 353 g/mol. The Bertz CT molecular complexity index is 813. The number of fused-ring (bicyclic) bond motifs is 1. The third-order valence-corrected chi connectivity index (χ3v) is 6.11. The average Bonchev–Trinajstić information content (AvgIpc) is 3.35. The van der Waals surface area contributed by atoms with E-state index in [0.717, 1.165) is 26.2 Å². The first-order valence-corrected chi connectivity index (χ1v) is 10.2. The zero-order valence-corrected chi connectivity index (χ0v) is 15.8. The van der Waals surface area contributed by atoms with Crippen molar-refractivity contribution in [3.63, 3.8) is 0 Å². The van der Waals surface area contributed by atoms with Crippen LogP contribution in [-0.4, -0.2) is 41.0 Å². The Labute approximate surface area is 154 Å². The third-order valence-electron chi connectivity index (χ3n) is 5.14. The van der Waals surface area contributed by atoms with Crippen LogP contribution in [0.3, 0.4) is 0 Å². The molecule has 1 aliphatic heterocycles. The lowest BCUT2D eigenvalue weighted by Crippen LogP contribution is -2.22. The number of thiophene rings is 1. The molecule has 0 amide bonds. The van der Waals surface area contributed by atoms with E-state index < -0.39 is 0 Å². The van der Waals surface area contributed by atoms with E-state index in [-0.39, 0.29) is 0 Å². The highest BCUT2D eigenvalue weighted by atomic mass is 32.1. The number of benzene rings is 1. The van der Waals surface area contributed by atoms with Gasteiger partial charge in [0, 0.05) is 42.8 Å². The van der Waals surface area contributed by atoms with Crippen LogP contribution in [0.2, 0.25) is 0 Å². The molecule has 0 N–H and O–H groups in total. The molecule has 3 aromatic rings. The summed E-state index contributed by atoms with van der Waals surface area (Å²) in [4.78, 5) is 6.49. The van der Waals surface area contributed by atoms with E-state index in [2.05, 4.69) is 69.4 Å². The molecular formula is C21H27N3S. The zero-order chi connectivity index (χ0) is 17.1. The second-order valence-corrected chi connectivity index (χ2v) is 8.21. The highest BCUT2D eigenvalue weighted by molar-refractivity contribution is 7.10. The molecule has 132 valence electrons. The summed E-state index contributed by atoms with van der Waals surface area (Å²) in [6.07, 6.45) is 4.94. The maximum atomic E-state index is 2.58. The number of hydrogen-bond donors (Lipinski definition) is 0. The van der Waals surface area contributed by atoms with E-state index in [9.17, 15) is 0 Å². The molecule has 0 spiro atoms. The van der Waals surface area contributed by atoms with Gasteiger partial charge >= 0.3 is 0 Å². The Kier molecular flexibility index (Phi) is 5.20. The smallest absolute Gasteiger partial charge is 0.0480 e. The summed E-state index contributed by atoms with van der Waals surface area (Å²) in [6.45, 7) is 6.83. The van der Waals surface area contributed by atoms with Gasteiger partial charge < -0.3 is 4.57 Å². The molecule has 0 atom stereocenters. The molecule has 0 saturated carbocycles. The van der Waals surface area contributed by atoms with Crippen LogP contribution in [-0.2, 0) is 19.6 Å². The van der Waals surface area contributed by atoms with Gasteiger partial charge in [0.2, 0.25) is 0 Å². The fraction of sp³-hybridized carbons (Fsp3) is 0.429. The summed E-state index contributed by atoms with van der Waals surface area (Å²) in [5, 5.41) is 3.68. The Morgan fingerprint density at radius 1 is 1.12 bits per heavy atom. The van der Waals surface area contributed by atoms with Gasteiger partial charge in [-0.05, 0) is 67.5 Å². The molecule has 1 aliphatic rings. The highest BCUT2D eigenvalue weighted by Gasteiger charge is 2.13. The first kappa shape index (κ1) is 16.8. The first-order chi connectivity index (χ1) is 12.3. The minimum absolute atomic E-state index is 1.04. The van der Waals surface area contributed by atoms with Gasteiger partial charge in [0.05, 0.1) is 0 Å². The quantitative estimate of drug-likeness (QED) is 0.622. The topological polar surface area (TPSA) is 11.4 Å². The summed E-state index contributed by atoms with van der Waals surface area (Å²) >= 11 is 1.91. The number of hydrogen-bond acceptors (Lipinski definition) is 3. The van der Waals surface area contributed by atoms with Gasteiger partial charge in [-0.3, -0.25) is 9.80 Å². The molecule has 0 bridgehead atoms. The van der Waals surface area contributed by atoms with Gasteiger partial charge in [-0.2, -0.15) is 0 Å². The van der Waals surface area contributed by atoms with E-state index in [0.29, 0.717) is 0 Å². The Hall–Kier alpha value is -1.62. The number of rotatable bonds is 7. The zero-order valence-electron chi connectivity index (χ0n) is 15.0. The molecule has 2 aromatic heterocycles. The van der Waals surface area contributed by atoms with Crippen LogP contribution >= 0.6 is 11.3 Å². The molecule has 4 rings (SSSR count). The summed E-state index contributed by atoms with van der Waals surface area (Å²) in [5.74, 6) is 0. The molecule has 3 heterocycles. The molecule has 4 heteroatoms. The summed E-state index contributed by atoms with van der Waals surface area (Å²) < 4.78 is 2.36. The van der Waals surface area contributed by atoms with Crippen molar-refractivity contribution in [3.05, 3.63) is 58.4 Å². The normalized spacial score (nSPS) is 15.6. The van der Waals surface area contributed by atoms with Crippen molar-refractivity contribution < 1.29 is 0 Å². The Morgan fingerprint density at radius 3 is 2.84 bits per heavy atom. The largest absolute Gasteiger partial charge is 0.346 e. The van der Waals surface area contributed by atoms with E-state index in [1.54, 1.807) is 0 Å². The lowest BCUT2D eigenvalue weighted by Gasteiger charge is -2.16. The van der Waals surface area contributed by atoms with E-state index in [1.165, 1.54) is 47.3 Å². The second-order valence-electron chi connectivity index (χ2n) is 7.21. The van der Waals surface area contributed by atoms with Gasteiger partial charge in [0.25, 0.3) is 0 Å². The highest BCUT2D eigenvalue weighted by Crippen LogP contribution is 2.20. The molecular weight excluding hydrogens is 326 g/mol. The van der Waals surface area contributed by atoms with Gasteiger partial charge in [-0.25, -0.2) is 0 Å². The fourth-order valence-electron chi connectivity index (χ4n) is 3.75. The number of likely N-dealkylation sites (N-methyl/N-ethyl adjacent to an activating group) is 1. The van der Waals surface area contributed by atoms with Crippen LogP contribution in [0.5, 0.6) is 0 Å². The minimum atomic E-state index is 1.04. The first-order valence-electron chi connectivity index (χ1n) is 9.29. The van der Waals surface area contributed by atoms with Crippen LogP contribution in [0.1, 0.15) is 23.3 Å². The average molecular weight is 354 g/mol. The van der Waals surface area contributed by atoms with Crippen molar-refractivity contribution in [1.82, 2.24) is 14.4 Å². The molecule has 1 saturated heterocycles.